The molecule has 4 heteroatoms. The van der Waals surface area contributed by atoms with Crippen molar-refractivity contribution in [1.29, 1.82) is 0 Å². The summed E-state index contributed by atoms with van der Waals surface area (Å²) < 4.78 is 0. The third kappa shape index (κ3) is 4.39. The molecular formula is C30H37NO3. The summed E-state index contributed by atoms with van der Waals surface area (Å²) in [5.74, 6) is 1.92. The lowest BCUT2D eigenvalue weighted by molar-refractivity contribution is -0.143. The topological polar surface area (TPSA) is 57.6 Å². The summed E-state index contributed by atoms with van der Waals surface area (Å²) in [4.78, 5) is 26.9. The number of carbonyl (C=O) groups is 2. The van der Waals surface area contributed by atoms with Crippen molar-refractivity contribution < 1.29 is 14.7 Å². The number of hydrogen-bond donors (Lipinski definition) is 1. The first-order chi connectivity index (χ1) is 16.3. The molecule has 2 aromatic rings. The zero-order chi connectivity index (χ0) is 23.9. The molecule has 0 unspecified atom stereocenters. The molecule has 0 aromatic heterocycles. The van der Waals surface area contributed by atoms with Crippen molar-refractivity contribution in [2.24, 2.45) is 29.1 Å². The van der Waals surface area contributed by atoms with E-state index in [0.717, 1.165) is 42.3 Å². The fourth-order valence-corrected chi connectivity index (χ4v) is 6.96. The minimum Gasteiger partial charge on any atom is -0.478 e. The first-order valence-corrected chi connectivity index (χ1v) is 13.0. The standard InChI is InChI=1S/C30H37NO3/c1-30(2)26-16-15-25(27(30)17-26)19-31(28(32)23-5-3-4-6-23)18-20-7-9-21(10-8-20)22-11-13-24(14-12-22)29(33)34/h7-14,23,25-27H,3-6,15-19H2,1-2H3,(H,33,34)/t25-,26-,27-/m0/s1. The maximum absolute atomic E-state index is 13.6. The van der Waals surface area contributed by atoms with Gasteiger partial charge >= 0.3 is 5.97 Å². The average Bonchev–Trinajstić information content (AvgIpc) is 3.39. The fourth-order valence-electron chi connectivity index (χ4n) is 6.96. The molecule has 0 heterocycles. The van der Waals surface area contributed by atoms with Crippen LogP contribution in [0.25, 0.3) is 11.1 Å². The maximum Gasteiger partial charge on any atom is 0.335 e. The molecule has 0 radical (unpaired) electrons. The van der Waals surface area contributed by atoms with Crippen LogP contribution in [-0.4, -0.2) is 28.4 Å². The number of benzene rings is 2. The van der Waals surface area contributed by atoms with Gasteiger partial charge in [0.25, 0.3) is 0 Å². The highest BCUT2D eigenvalue weighted by molar-refractivity contribution is 5.88. The van der Waals surface area contributed by atoms with E-state index in [-0.39, 0.29) is 5.92 Å². The van der Waals surface area contributed by atoms with E-state index in [1.807, 2.05) is 12.1 Å². The van der Waals surface area contributed by atoms with Gasteiger partial charge in [-0.2, -0.15) is 0 Å². The van der Waals surface area contributed by atoms with Crippen LogP contribution in [0.3, 0.4) is 0 Å². The van der Waals surface area contributed by atoms with Gasteiger partial charge in [-0.05, 0) is 84.1 Å². The van der Waals surface area contributed by atoms with Crippen LogP contribution >= 0.6 is 0 Å². The van der Waals surface area contributed by atoms with Crippen molar-refractivity contribution in [2.75, 3.05) is 6.54 Å². The van der Waals surface area contributed by atoms with Crippen LogP contribution in [0.4, 0.5) is 0 Å². The third-order valence-electron chi connectivity index (χ3n) is 9.26. The number of carbonyl (C=O) groups excluding carboxylic acids is 1. The second-order valence-electron chi connectivity index (χ2n) is 11.5. The highest BCUT2D eigenvalue weighted by Gasteiger charge is 2.54. The number of rotatable bonds is 7. The Balaban J connectivity index is 1.31. The van der Waals surface area contributed by atoms with Gasteiger partial charge in [0.2, 0.25) is 5.91 Å². The summed E-state index contributed by atoms with van der Waals surface area (Å²) in [7, 11) is 0. The molecule has 3 atom stereocenters. The Hall–Kier alpha value is -2.62. The summed E-state index contributed by atoms with van der Waals surface area (Å²) in [6, 6.07) is 15.4. The number of carboxylic acid groups (broad SMARTS) is 1. The van der Waals surface area contributed by atoms with Gasteiger partial charge in [-0.25, -0.2) is 4.79 Å². The smallest absolute Gasteiger partial charge is 0.335 e. The number of nitrogens with zero attached hydrogens (tertiary/aromatic N) is 1. The summed E-state index contributed by atoms with van der Waals surface area (Å²) in [6.45, 7) is 6.45. The van der Waals surface area contributed by atoms with Crippen molar-refractivity contribution in [2.45, 2.75) is 65.3 Å². The normalized spacial score (nSPS) is 25.5. The van der Waals surface area contributed by atoms with Gasteiger partial charge in [-0.15, -0.1) is 0 Å². The number of amides is 1. The van der Waals surface area contributed by atoms with Crippen molar-refractivity contribution in [1.82, 2.24) is 4.90 Å². The first kappa shape index (κ1) is 23.1. The molecule has 0 saturated heterocycles. The molecule has 2 aromatic carbocycles. The van der Waals surface area contributed by atoms with Gasteiger partial charge in [0.1, 0.15) is 0 Å². The van der Waals surface area contributed by atoms with Crippen molar-refractivity contribution >= 4 is 11.9 Å². The molecule has 0 aliphatic heterocycles. The van der Waals surface area contributed by atoms with Gasteiger partial charge in [0, 0.05) is 19.0 Å². The molecule has 6 rings (SSSR count). The molecule has 34 heavy (non-hydrogen) atoms. The van der Waals surface area contributed by atoms with Crippen LogP contribution in [0.5, 0.6) is 0 Å². The van der Waals surface area contributed by atoms with Crippen molar-refractivity contribution in [3.05, 3.63) is 59.7 Å². The Kier molecular flexibility index (Phi) is 6.26. The van der Waals surface area contributed by atoms with Gasteiger partial charge in [-0.3, -0.25) is 4.79 Å². The van der Waals surface area contributed by atoms with E-state index in [4.69, 9.17) is 5.11 Å². The fraction of sp³-hybridized carbons (Fsp3) is 0.533. The maximum atomic E-state index is 13.6. The van der Waals surface area contributed by atoms with Crippen molar-refractivity contribution in [3.8, 4) is 11.1 Å². The molecule has 1 N–H and O–H groups in total. The second kappa shape index (κ2) is 9.20. The summed E-state index contributed by atoms with van der Waals surface area (Å²) in [5, 5.41) is 9.12. The summed E-state index contributed by atoms with van der Waals surface area (Å²) >= 11 is 0. The average molecular weight is 460 g/mol. The lowest BCUT2D eigenvalue weighted by Gasteiger charge is -2.60. The van der Waals surface area contributed by atoms with Gasteiger partial charge in [-0.1, -0.05) is 63.1 Å². The van der Waals surface area contributed by atoms with E-state index < -0.39 is 5.97 Å². The molecule has 1 amide bonds. The molecule has 4 aliphatic rings. The highest BCUT2D eigenvalue weighted by atomic mass is 16.4. The van der Waals surface area contributed by atoms with E-state index in [0.29, 0.717) is 29.3 Å². The molecule has 180 valence electrons. The van der Waals surface area contributed by atoms with Gasteiger partial charge in [0.15, 0.2) is 0 Å². The van der Waals surface area contributed by atoms with E-state index in [9.17, 15) is 9.59 Å². The van der Waals surface area contributed by atoms with Gasteiger partial charge in [0.05, 0.1) is 5.56 Å². The summed E-state index contributed by atoms with van der Waals surface area (Å²) in [5.41, 5.74) is 3.95. The van der Waals surface area contributed by atoms with Crippen LogP contribution in [0.2, 0.25) is 0 Å². The predicted octanol–water partition coefficient (Wildman–Crippen LogP) is 6.64. The van der Waals surface area contributed by atoms with Crippen LogP contribution < -0.4 is 0 Å². The monoisotopic (exact) mass is 459 g/mol. The second-order valence-corrected chi connectivity index (χ2v) is 11.5. The Morgan fingerprint density at radius 1 is 0.912 bits per heavy atom. The van der Waals surface area contributed by atoms with E-state index in [2.05, 4.69) is 43.0 Å². The molecule has 2 bridgehead atoms. The Morgan fingerprint density at radius 2 is 1.53 bits per heavy atom. The Labute approximate surface area is 203 Å². The number of fused-ring (bicyclic) bond motifs is 2. The van der Waals surface area contributed by atoms with E-state index in [1.165, 1.54) is 37.7 Å². The third-order valence-corrected chi connectivity index (χ3v) is 9.26. The Morgan fingerprint density at radius 3 is 2.09 bits per heavy atom. The minimum absolute atomic E-state index is 0.206. The van der Waals surface area contributed by atoms with Crippen LogP contribution in [0.1, 0.15) is 74.7 Å². The van der Waals surface area contributed by atoms with Gasteiger partial charge < -0.3 is 10.0 Å². The van der Waals surface area contributed by atoms with Crippen LogP contribution in [0.15, 0.2) is 48.5 Å². The molecule has 4 aliphatic carbocycles. The SMILES string of the molecule is CC1(C)[C@H]2CC[C@@H](CN(Cc3ccc(-c4ccc(C(=O)O)cc4)cc3)C(=O)C3CCCC3)[C@@H]1C2. The molecular weight excluding hydrogens is 422 g/mol. The summed E-state index contributed by atoms with van der Waals surface area (Å²) in [6.07, 6.45) is 8.37. The number of hydrogen-bond acceptors (Lipinski definition) is 2. The van der Waals surface area contributed by atoms with E-state index >= 15 is 0 Å². The van der Waals surface area contributed by atoms with E-state index in [1.54, 1.807) is 12.1 Å². The Bertz CT molecular complexity index is 1030. The largest absolute Gasteiger partial charge is 0.478 e. The number of aromatic carboxylic acids is 1. The zero-order valence-corrected chi connectivity index (χ0v) is 20.5. The van der Waals surface area contributed by atoms with Crippen molar-refractivity contribution in [3.63, 3.8) is 0 Å². The zero-order valence-electron chi connectivity index (χ0n) is 20.5. The highest BCUT2D eigenvalue weighted by Crippen LogP contribution is 2.61. The molecule has 4 nitrogen and oxygen atoms in total. The van der Waals surface area contributed by atoms with Crippen LogP contribution in [-0.2, 0) is 11.3 Å². The number of carboxylic acids is 1. The molecule has 4 saturated carbocycles. The first-order valence-electron chi connectivity index (χ1n) is 13.0. The minimum atomic E-state index is -0.910. The van der Waals surface area contributed by atoms with Crippen LogP contribution in [0, 0.1) is 29.1 Å². The quantitative estimate of drug-likeness (QED) is 0.505. The predicted molar refractivity (Wildman–Crippen MR) is 134 cm³/mol. The lowest BCUT2D eigenvalue weighted by atomic mass is 9.45. The molecule has 0 spiro atoms. The lowest BCUT2D eigenvalue weighted by Crippen LogP contribution is -2.55. The molecule has 4 fully saturated rings.